The Balaban J connectivity index is 1.73. The summed E-state index contributed by atoms with van der Waals surface area (Å²) in [6.45, 7) is 6.31. The number of aromatic nitrogens is 1. The average molecular weight is 363 g/mol. The minimum Gasteiger partial charge on any atom is -0.493 e. The lowest BCUT2D eigenvalue weighted by Gasteiger charge is -2.16. The van der Waals surface area contributed by atoms with Crippen molar-refractivity contribution in [1.29, 1.82) is 0 Å². The van der Waals surface area contributed by atoms with E-state index in [1.54, 1.807) is 0 Å². The Labute approximate surface area is 160 Å². The molecule has 0 spiro atoms. The van der Waals surface area contributed by atoms with Gasteiger partial charge in [0.05, 0.1) is 18.7 Å². The summed E-state index contributed by atoms with van der Waals surface area (Å²) in [7, 11) is 2.07. The molecule has 0 saturated carbocycles. The zero-order valence-electron chi connectivity index (χ0n) is 15.9. The van der Waals surface area contributed by atoms with Gasteiger partial charge in [0.15, 0.2) is 0 Å². The number of hydrogen-bond donors (Lipinski definition) is 0. The van der Waals surface area contributed by atoms with Crippen molar-refractivity contribution in [1.82, 2.24) is 4.57 Å². The fourth-order valence-corrected chi connectivity index (χ4v) is 3.04. The standard InChI is InChI=1S/C23H25NO3/c1-4-17(16-27-23(25)5-2)15-26-20-12-11-19-13-21(24(3)22(19)14-20)18-9-7-6-8-10-18/h5-14,17H,2,4,15-16H2,1,3H3. The molecule has 140 valence electrons. The average Bonchev–Trinajstić information content (AvgIpc) is 3.04. The summed E-state index contributed by atoms with van der Waals surface area (Å²) in [4.78, 5) is 11.2. The van der Waals surface area contributed by atoms with Crippen LogP contribution >= 0.6 is 0 Å². The molecule has 0 bridgehead atoms. The summed E-state index contributed by atoms with van der Waals surface area (Å²) in [5, 5.41) is 1.18. The van der Waals surface area contributed by atoms with Crippen LogP contribution in [0.25, 0.3) is 22.2 Å². The number of carbonyl (C=O) groups excluding carboxylic acids is 1. The van der Waals surface area contributed by atoms with Gasteiger partial charge >= 0.3 is 5.97 Å². The second kappa shape index (κ2) is 8.58. The van der Waals surface area contributed by atoms with Gasteiger partial charge in [-0.3, -0.25) is 0 Å². The van der Waals surface area contributed by atoms with Gasteiger partial charge in [-0.25, -0.2) is 4.79 Å². The van der Waals surface area contributed by atoms with E-state index in [1.807, 2.05) is 24.3 Å². The lowest BCUT2D eigenvalue weighted by atomic mass is 10.1. The lowest BCUT2D eigenvalue weighted by molar-refractivity contribution is -0.139. The SMILES string of the molecule is C=CC(=O)OCC(CC)COc1ccc2cc(-c3ccccc3)n(C)c2c1. The second-order valence-corrected chi connectivity index (χ2v) is 6.59. The predicted octanol–water partition coefficient (Wildman–Crippen LogP) is 4.98. The molecule has 0 radical (unpaired) electrons. The molecule has 0 fully saturated rings. The molecule has 1 aromatic heterocycles. The molecule has 0 amide bonds. The molecular formula is C23H25NO3. The summed E-state index contributed by atoms with van der Waals surface area (Å²) >= 11 is 0. The summed E-state index contributed by atoms with van der Waals surface area (Å²) in [5.74, 6) is 0.571. The highest BCUT2D eigenvalue weighted by Gasteiger charge is 2.12. The number of ether oxygens (including phenoxy) is 2. The van der Waals surface area contributed by atoms with Gasteiger partial charge < -0.3 is 14.0 Å². The Morgan fingerprint density at radius 3 is 2.63 bits per heavy atom. The fourth-order valence-electron chi connectivity index (χ4n) is 3.04. The van der Waals surface area contributed by atoms with Crippen molar-refractivity contribution in [2.75, 3.05) is 13.2 Å². The maximum Gasteiger partial charge on any atom is 0.330 e. The van der Waals surface area contributed by atoms with Crippen LogP contribution in [0.1, 0.15) is 13.3 Å². The Kier molecular flexibility index (Phi) is 5.97. The molecule has 0 aliphatic rings. The minimum absolute atomic E-state index is 0.151. The first-order valence-electron chi connectivity index (χ1n) is 9.19. The topological polar surface area (TPSA) is 40.5 Å². The zero-order chi connectivity index (χ0) is 19.2. The molecule has 3 rings (SSSR count). The third kappa shape index (κ3) is 4.40. The van der Waals surface area contributed by atoms with Crippen LogP contribution in [0, 0.1) is 5.92 Å². The number of benzene rings is 2. The van der Waals surface area contributed by atoms with Gasteiger partial charge in [-0.15, -0.1) is 0 Å². The van der Waals surface area contributed by atoms with Crippen molar-refractivity contribution >= 4 is 16.9 Å². The van der Waals surface area contributed by atoms with Gasteiger partial charge in [0.1, 0.15) is 5.75 Å². The summed E-state index contributed by atoms with van der Waals surface area (Å²) < 4.78 is 13.3. The molecule has 27 heavy (non-hydrogen) atoms. The molecule has 3 aromatic rings. The quantitative estimate of drug-likeness (QED) is 0.419. The molecule has 0 aliphatic heterocycles. The normalized spacial score (nSPS) is 11.9. The first-order valence-corrected chi connectivity index (χ1v) is 9.19. The number of hydrogen-bond acceptors (Lipinski definition) is 3. The van der Waals surface area contributed by atoms with Crippen molar-refractivity contribution in [2.45, 2.75) is 13.3 Å². The third-order valence-corrected chi connectivity index (χ3v) is 4.78. The van der Waals surface area contributed by atoms with Crippen LogP contribution in [0.3, 0.4) is 0 Å². The van der Waals surface area contributed by atoms with E-state index in [4.69, 9.17) is 9.47 Å². The van der Waals surface area contributed by atoms with Crippen LogP contribution in [-0.2, 0) is 16.6 Å². The second-order valence-electron chi connectivity index (χ2n) is 6.59. The lowest BCUT2D eigenvalue weighted by Crippen LogP contribution is -2.19. The molecule has 0 saturated heterocycles. The first kappa shape index (κ1) is 18.8. The highest BCUT2D eigenvalue weighted by Crippen LogP contribution is 2.29. The van der Waals surface area contributed by atoms with Crippen molar-refractivity contribution in [3.05, 3.63) is 67.3 Å². The van der Waals surface area contributed by atoms with Crippen LogP contribution in [0.2, 0.25) is 0 Å². The monoisotopic (exact) mass is 363 g/mol. The summed E-state index contributed by atoms with van der Waals surface area (Å²) in [6, 6.07) is 18.7. The summed E-state index contributed by atoms with van der Waals surface area (Å²) in [6.07, 6.45) is 2.05. The van der Waals surface area contributed by atoms with E-state index in [0.29, 0.717) is 13.2 Å². The Bertz CT molecular complexity index is 927. The van der Waals surface area contributed by atoms with Gasteiger partial charge in [0.2, 0.25) is 0 Å². The third-order valence-electron chi connectivity index (χ3n) is 4.78. The first-order chi connectivity index (χ1) is 13.1. The van der Waals surface area contributed by atoms with E-state index >= 15 is 0 Å². The Hall–Kier alpha value is -3.01. The highest BCUT2D eigenvalue weighted by atomic mass is 16.5. The Morgan fingerprint density at radius 1 is 1.15 bits per heavy atom. The zero-order valence-corrected chi connectivity index (χ0v) is 15.9. The van der Waals surface area contributed by atoms with Crippen molar-refractivity contribution in [3.63, 3.8) is 0 Å². The van der Waals surface area contributed by atoms with Crippen LogP contribution < -0.4 is 4.74 Å². The van der Waals surface area contributed by atoms with Gasteiger partial charge in [0, 0.05) is 36.2 Å². The van der Waals surface area contributed by atoms with Gasteiger partial charge in [-0.05, 0) is 30.2 Å². The molecular weight excluding hydrogens is 338 g/mol. The largest absolute Gasteiger partial charge is 0.493 e. The van der Waals surface area contributed by atoms with Crippen LogP contribution in [0.5, 0.6) is 5.75 Å². The molecule has 1 atom stereocenters. The molecule has 2 aromatic carbocycles. The Morgan fingerprint density at radius 2 is 1.93 bits per heavy atom. The van der Waals surface area contributed by atoms with Gasteiger partial charge in [-0.2, -0.15) is 0 Å². The predicted molar refractivity (Wildman–Crippen MR) is 109 cm³/mol. The van der Waals surface area contributed by atoms with Crippen molar-refractivity contribution in [3.8, 4) is 17.0 Å². The van der Waals surface area contributed by atoms with Crippen molar-refractivity contribution in [2.24, 2.45) is 13.0 Å². The number of carbonyl (C=O) groups is 1. The van der Waals surface area contributed by atoms with E-state index in [9.17, 15) is 4.79 Å². The van der Waals surface area contributed by atoms with Crippen LogP contribution in [0.15, 0.2) is 67.3 Å². The van der Waals surface area contributed by atoms with E-state index in [-0.39, 0.29) is 5.92 Å². The fraction of sp³-hybridized carbons (Fsp3) is 0.261. The maximum absolute atomic E-state index is 11.2. The maximum atomic E-state index is 11.2. The van der Waals surface area contributed by atoms with Crippen LogP contribution in [-0.4, -0.2) is 23.8 Å². The number of nitrogens with zero attached hydrogens (tertiary/aromatic N) is 1. The molecule has 0 N–H and O–H groups in total. The van der Waals surface area contributed by atoms with Crippen LogP contribution in [0.4, 0.5) is 0 Å². The van der Waals surface area contributed by atoms with E-state index in [0.717, 1.165) is 17.7 Å². The van der Waals surface area contributed by atoms with Gasteiger partial charge in [-0.1, -0.05) is 43.8 Å². The number of rotatable bonds is 8. The van der Waals surface area contributed by atoms with Gasteiger partial charge in [0.25, 0.3) is 0 Å². The number of esters is 1. The molecule has 1 unspecified atom stereocenters. The highest BCUT2D eigenvalue weighted by molar-refractivity contribution is 5.88. The molecule has 4 heteroatoms. The van der Waals surface area contributed by atoms with E-state index in [1.165, 1.54) is 22.7 Å². The van der Waals surface area contributed by atoms with E-state index < -0.39 is 5.97 Å². The number of fused-ring (bicyclic) bond motifs is 1. The molecule has 0 aliphatic carbocycles. The number of aryl methyl sites for hydroxylation is 1. The minimum atomic E-state index is -0.396. The molecule has 1 heterocycles. The smallest absolute Gasteiger partial charge is 0.330 e. The van der Waals surface area contributed by atoms with E-state index in [2.05, 4.69) is 55.4 Å². The molecule has 4 nitrogen and oxygen atoms in total. The summed E-state index contributed by atoms with van der Waals surface area (Å²) in [5.41, 5.74) is 3.48. The van der Waals surface area contributed by atoms with Crippen molar-refractivity contribution < 1.29 is 14.3 Å².